The van der Waals surface area contributed by atoms with Crippen LogP contribution in [-0.4, -0.2) is 36.5 Å². The molecule has 0 aliphatic carbocycles. The predicted octanol–water partition coefficient (Wildman–Crippen LogP) is 3.40. The Morgan fingerprint density at radius 1 is 1.16 bits per heavy atom. The molecule has 1 amide bonds. The normalized spacial score (nSPS) is 20.2. The van der Waals surface area contributed by atoms with Crippen molar-refractivity contribution in [3.63, 3.8) is 0 Å². The molecule has 0 bridgehead atoms. The quantitative estimate of drug-likeness (QED) is 0.929. The molecule has 0 spiro atoms. The molecule has 1 atom stereocenters. The van der Waals surface area contributed by atoms with E-state index in [9.17, 15) is 4.79 Å². The lowest BCUT2D eigenvalue weighted by Gasteiger charge is -2.45. The first-order chi connectivity index (χ1) is 12.0. The largest absolute Gasteiger partial charge is 0.370 e. The number of hydrogen-bond acceptors (Lipinski definition) is 3. The third-order valence-electron chi connectivity index (χ3n) is 4.87. The summed E-state index contributed by atoms with van der Waals surface area (Å²) in [7, 11) is 1.65. The number of benzene rings is 2. The summed E-state index contributed by atoms with van der Waals surface area (Å²) >= 11 is 0. The lowest BCUT2D eigenvalue weighted by atomic mass is 9.97. The van der Waals surface area contributed by atoms with Crippen molar-refractivity contribution in [3.05, 3.63) is 71.3 Å². The highest BCUT2D eigenvalue weighted by Crippen LogP contribution is 2.31. The molecule has 25 heavy (non-hydrogen) atoms. The van der Waals surface area contributed by atoms with Gasteiger partial charge >= 0.3 is 0 Å². The maximum atomic E-state index is 11.7. The Bertz CT molecular complexity index is 710. The molecule has 1 saturated heterocycles. The Kier molecular flexibility index (Phi) is 5.21. The van der Waals surface area contributed by atoms with E-state index >= 15 is 0 Å². The van der Waals surface area contributed by atoms with Gasteiger partial charge in [-0.1, -0.05) is 42.5 Å². The minimum absolute atomic E-state index is 0.0231. The number of carbonyl (C=O) groups excluding carboxylic acids is 1. The highest BCUT2D eigenvalue weighted by molar-refractivity contribution is 5.93. The van der Waals surface area contributed by atoms with Crippen LogP contribution in [0.4, 0.5) is 0 Å². The Morgan fingerprint density at radius 3 is 2.48 bits per heavy atom. The summed E-state index contributed by atoms with van der Waals surface area (Å²) in [6.07, 6.45) is 0.0966. The van der Waals surface area contributed by atoms with Crippen LogP contribution in [0.25, 0.3) is 0 Å². The van der Waals surface area contributed by atoms with Crippen molar-refractivity contribution in [2.45, 2.75) is 32.0 Å². The molecule has 2 aromatic carbocycles. The van der Waals surface area contributed by atoms with E-state index in [1.165, 1.54) is 11.1 Å². The molecule has 0 unspecified atom stereocenters. The molecule has 1 heterocycles. The first-order valence-corrected chi connectivity index (χ1v) is 8.72. The van der Waals surface area contributed by atoms with Crippen LogP contribution in [0.3, 0.4) is 0 Å². The molecule has 2 aromatic rings. The van der Waals surface area contributed by atoms with E-state index in [0.717, 1.165) is 13.1 Å². The van der Waals surface area contributed by atoms with Gasteiger partial charge in [-0.25, -0.2) is 0 Å². The van der Waals surface area contributed by atoms with Gasteiger partial charge in [0.15, 0.2) is 0 Å². The first kappa shape index (κ1) is 17.6. The number of amides is 1. The van der Waals surface area contributed by atoms with Crippen LogP contribution >= 0.6 is 0 Å². The third-order valence-corrected chi connectivity index (χ3v) is 4.87. The molecule has 132 valence electrons. The smallest absolute Gasteiger partial charge is 0.251 e. The summed E-state index contributed by atoms with van der Waals surface area (Å²) in [5, 5.41) is 2.65. The highest BCUT2D eigenvalue weighted by Gasteiger charge is 2.35. The monoisotopic (exact) mass is 338 g/mol. The number of ether oxygens (including phenoxy) is 1. The molecule has 0 saturated carbocycles. The van der Waals surface area contributed by atoms with Crippen LogP contribution < -0.4 is 5.32 Å². The summed E-state index contributed by atoms with van der Waals surface area (Å²) in [5.74, 6) is -0.0533. The topological polar surface area (TPSA) is 41.6 Å². The lowest BCUT2D eigenvalue weighted by molar-refractivity contribution is -0.104. The van der Waals surface area contributed by atoms with Crippen LogP contribution in [0.5, 0.6) is 0 Å². The van der Waals surface area contributed by atoms with Gasteiger partial charge in [0.1, 0.15) is 0 Å². The van der Waals surface area contributed by atoms with Crippen molar-refractivity contribution in [1.82, 2.24) is 10.2 Å². The van der Waals surface area contributed by atoms with Gasteiger partial charge in [0.25, 0.3) is 5.91 Å². The molecule has 1 N–H and O–H groups in total. The van der Waals surface area contributed by atoms with E-state index in [1.54, 1.807) is 7.05 Å². The Hall–Kier alpha value is -2.17. The van der Waals surface area contributed by atoms with Crippen molar-refractivity contribution >= 4 is 5.91 Å². The van der Waals surface area contributed by atoms with Gasteiger partial charge in [-0.05, 0) is 37.1 Å². The van der Waals surface area contributed by atoms with Crippen LogP contribution in [0, 0.1) is 0 Å². The highest BCUT2D eigenvalue weighted by atomic mass is 16.5. The summed E-state index contributed by atoms with van der Waals surface area (Å²) in [4.78, 5) is 14.1. The number of nitrogens with one attached hydrogen (secondary N) is 1. The van der Waals surface area contributed by atoms with Crippen LogP contribution in [0.1, 0.15) is 41.4 Å². The van der Waals surface area contributed by atoms with Crippen molar-refractivity contribution < 1.29 is 9.53 Å². The molecular formula is C21H26N2O2. The molecule has 1 fully saturated rings. The third kappa shape index (κ3) is 4.09. The predicted molar refractivity (Wildman–Crippen MR) is 99.5 cm³/mol. The molecule has 4 nitrogen and oxygen atoms in total. The zero-order valence-electron chi connectivity index (χ0n) is 15.2. The molecule has 1 aliphatic heterocycles. The van der Waals surface area contributed by atoms with Gasteiger partial charge in [-0.3, -0.25) is 9.69 Å². The maximum absolute atomic E-state index is 11.7. The van der Waals surface area contributed by atoms with Crippen molar-refractivity contribution in [3.8, 4) is 0 Å². The van der Waals surface area contributed by atoms with Crippen molar-refractivity contribution in [1.29, 1.82) is 0 Å². The molecule has 1 aliphatic rings. The average molecular weight is 338 g/mol. The summed E-state index contributed by atoms with van der Waals surface area (Å²) in [6, 6.07) is 18.2. The second kappa shape index (κ2) is 7.38. The maximum Gasteiger partial charge on any atom is 0.251 e. The Balaban J connectivity index is 1.73. The van der Waals surface area contributed by atoms with Gasteiger partial charge in [0.2, 0.25) is 0 Å². The molecular weight excluding hydrogens is 312 g/mol. The van der Waals surface area contributed by atoms with Crippen molar-refractivity contribution in [2.24, 2.45) is 0 Å². The van der Waals surface area contributed by atoms with Gasteiger partial charge in [0, 0.05) is 31.2 Å². The number of hydrogen-bond donors (Lipinski definition) is 1. The van der Waals surface area contributed by atoms with Crippen molar-refractivity contribution in [2.75, 3.05) is 20.2 Å². The van der Waals surface area contributed by atoms with E-state index in [2.05, 4.69) is 48.3 Å². The molecule has 3 rings (SSSR count). The molecule has 0 radical (unpaired) electrons. The average Bonchev–Trinajstić information content (AvgIpc) is 2.64. The second-order valence-corrected chi connectivity index (χ2v) is 7.18. The fourth-order valence-electron chi connectivity index (χ4n) is 3.17. The Morgan fingerprint density at radius 2 is 1.84 bits per heavy atom. The van der Waals surface area contributed by atoms with Crippen LogP contribution in [0.15, 0.2) is 54.6 Å². The molecule has 0 aromatic heterocycles. The zero-order valence-corrected chi connectivity index (χ0v) is 15.2. The standard InChI is InChI=1S/C21H26N2O2/c1-21(2)15-25-19(17-7-5-4-6-8-17)14-23(21)13-16-9-11-18(12-10-16)20(24)22-3/h4-12,19H,13-15H2,1-3H3,(H,22,24)/t19-/m1/s1. The summed E-state index contributed by atoms with van der Waals surface area (Å²) in [6.45, 7) is 6.82. The SMILES string of the molecule is CNC(=O)c1ccc(CN2C[C@H](c3ccccc3)OCC2(C)C)cc1. The van der Waals surface area contributed by atoms with Gasteiger partial charge in [-0.15, -0.1) is 0 Å². The van der Waals surface area contributed by atoms with E-state index < -0.39 is 0 Å². The molecule has 4 heteroatoms. The first-order valence-electron chi connectivity index (χ1n) is 8.72. The van der Waals surface area contributed by atoms with E-state index in [-0.39, 0.29) is 17.6 Å². The lowest BCUT2D eigenvalue weighted by Crippen LogP contribution is -2.53. The summed E-state index contributed by atoms with van der Waals surface area (Å²) < 4.78 is 6.12. The van der Waals surface area contributed by atoms with E-state index in [4.69, 9.17) is 4.74 Å². The van der Waals surface area contributed by atoms with E-state index in [1.807, 2.05) is 30.3 Å². The zero-order chi connectivity index (χ0) is 17.9. The van der Waals surface area contributed by atoms with Crippen LogP contribution in [0.2, 0.25) is 0 Å². The fourth-order valence-corrected chi connectivity index (χ4v) is 3.17. The second-order valence-electron chi connectivity index (χ2n) is 7.18. The van der Waals surface area contributed by atoms with Gasteiger partial charge < -0.3 is 10.1 Å². The van der Waals surface area contributed by atoms with Crippen LogP contribution in [-0.2, 0) is 11.3 Å². The summed E-state index contributed by atoms with van der Waals surface area (Å²) in [5.41, 5.74) is 3.09. The minimum Gasteiger partial charge on any atom is -0.370 e. The van der Waals surface area contributed by atoms with Gasteiger partial charge in [-0.2, -0.15) is 0 Å². The number of rotatable bonds is 4. The minimum atomic E-state index is -0.0533. The van der Waals surface area contributed by atoms with E-state index in [0.29, 0.717) is 12.2 Å². The number of carbonyl (C=O) groups is 1. The fraction of sp³-hybridized carbons (Fsp3) is 0.381. The number of nitrogens with zero attached hydrogens (tertiary/aromatic N) is 1. The van der Waals surface area contributed by atoms with Gasteiger partial charge in [0.05, 0.1) is 12.7 Å². The number of morpholine rings is 1. The Labute approximate surface area is 149 Å².